The van der Waals surface area contributed by atoms with Crippen molar-refractivity contribution in [2.45, 2.75) is 53.1 Å². The number of ether oxygens (including phenoxy) is 2. The standard InChI is InChI=1S/C22H27NO4/c1-7-26-20(24)17(14(2)3)19(16-10-8-9-11-23-13-16)18-15(4)12-22(5,6)27-21(18)25/h8,10-11,13H,2,7,9,12H2,1,3-6H3/b19-17+. The average molecular weight is 369 g/mol. The number of esters is 2. The minimum atomic E-state index is -0.588. The average Bonchev–Trinajstić information content (AvgIpc) is 2.80. The lowest BCUT2D eigenvalue weighted by Gasteiger charge is -2.33. The van der Waals surface area contributed by atoms with Gasteiger partial charge in [0.15, 0.2) is 0 Å². The second kappa shape index (κ2) is 8.33. The Morgan fingerprint density at radius 3 is 2.70 bits per heavy atom. The summed E-state index contributed by atoms with van der Waals surface area (Å²) in [6.07, 6.45) is 8.44. The summed E-state index contributed by atoms with van der Waals surface area (Å²) < 4.78 is 10.9. The summed E-state index contributed by atoms with van der Waals surface area (Å²) in [5.41, 5.74) is 2.56. The van der Waals surface area contributed by atoms with Crippen molar-refractivity contribution in [3.63, 3.8) is 0 Å². The molecule has 5 nitrogen and oxygen atoms in total. The maximum absolute atomic E-state index is 12.9. The number of allylic oxidation sites excluding steroid dienone is 3. The van der Waals surface area contributed by atoms with Gasteiger partial charge in [0.2, 0.25) is 0 Å². The predicted octanol–water partition coefficient (Wildman–Crippen LogP) is 4.38. The molecule has 0 saturated carbocycles. The summed E-state index contributed by atoms with van der Waals surface area (Å²) >= 11 is 0. The van der Waals surface area contributed by atoms with Crippen molar-refractivity contribution in [2.24, 2.45) is 4.99 Å². The van der Waals surface area contributed by atoms with Crippen LogP contribution in [0, 0.1) is 0 Å². The molecule has 0 atom stereocenters. The lowest BCUT2D eigenvalue weighted by molar-refractivity contribution is -0.153. The highest BCUT2D eigenvalue weighted by molar-refractivity contribution is 6.04. The maximum atomic E-state index is 12.9. The minimum Gasteiger partial charge on any atom is -0.462 e. The Morgan fingerprint density at radius 1 is 1.41 bits per heavy atom. The van der Waals surface area contributed by atoms with Crippen LogP contribution in [0.1, 0.15) is 47.5 Å². The molecule has 0 fully saturated rings. The van der Waals surface area contributed by atoms with E-state index >= 15 is 0 Å². The third-order valence-corrected chi connectivity index (χ3v) is 4.24. The number of nitrogens with zero attached hydrogens (tertiary/aromatic N) is 1. The first-order valence-electron chi connectivity index (χ1n) is 9.07. The van der Waals surface area contributed by atoms with Gasteiger partial charge in [-0.1, -0.05) is 24.3 Å². The first kappa shape index (κ1) is 20.6. The van der Waals surface area contributed by atoms with Crippen LogP contribution in [0.5, 0.6) is 0 Å². The van der Waals surface area contributed by atoms with E-state index in [4.69, 9.17) is 9.47 Å². The number of hydrogen-bond acceptors (Lipinski definition) is 5. The van der Waals surface area contributed by atoms with Crippen LogP contribution < -0.4 is 0 Å². The number of rotatable bonds is 5. The zero-order valence-corrected chi connectivity index (χ0v) is 16.7. The molecule has 0 unspecified atom stereocenters. The zero-order chi connectivity index (χ0) is 20.2. The van der Waals surface area contributed by atoms with Crippen molar-refractivity contribution < 1.29 is 19.1 Å². The fraction of sp³-hybridized carbons (Fsp3) is 0.409. The molecule has 0 aromatic carbocycles. The number of aliphatic imine (C=N–C) groups is 1. The van der Waals surface area contributed by atoms with Crippen LogP contribution >= 0.6 is 0 Å². The van der Waals surface area contributed by atoms with Gasteiger partial charge in [-0.15, -0.1) is 0 Å². The lowest BCUT2D eigenvalue weighted by Crippen LogP contribution is -2.35. The molecule has 5 heteroatoms. The van der Waals surface area contributed by atoms with Crippen LogP contribution in [-0.2, 0) is 19.1 Å². The molecule has 0 bridgehead atoms. The quantitative estimate of drug-likeness (QED) is 0.410. The molecule has 27 heavy (non-hydrogen) atoms. The first-order valence-corrected chi connectivity index (χ1v) is 9.07. The molecule has 0 aromatic rings. The second-order valence-electron chi connectivity index (χ2n) is 7.29. The largest absolute Gasteiger partial charge is 0.462 e. The van der Waals surface area contributed by atoms with Crippen molar-refractivity contribution in [3.8, 4) is 0 Å². The molecule has 0 radical (unpaired) electrons. The summed E-state index contributed by atoms with van der Waals surface area (Å²) in [4.78, 5) is 29.9. The molecule has 2 aliphatic heterocycles. The highest BCUT2D eigenvalue weighted by Gasteiger charge is 2.37. The van der Waals surface area contributed by atoms with Gasteiger partial charge < -0.3 is 9.47 Å². The number of carbonyl (C=O) groups is 2. The summed E-state index contributed by atoms with van der Waals surface area (Å²) in [6, 6.07) is 0. The van der Waals surface area contributed by atoms with Crippen molar-refractivity contribution in [1.82, 2.24) is 0 Å². The Kier molecular flexibility index (Phi) is 6.37. The normalized spacial score (nSPS) is 19.7. The van der Waals surface area contributed by atoms with Crippen LogP contribution in [0.25, 0.3) is 0 Å². The highest BCUT2D eigenvalue weighted by Crippen LogP contribution is 2.38. The van der Waals surface area contributed by atoms with Crippen molar-refractivity contribution in [3.05, 3.63) is 58.4 Å². The fourth-order valence-corrected chi connectivity index (χ4v) is 3.30. The molecule has 2 aliphatic rings. The van der Waals surface area contributed by atoms with Crippen LogP contribution in [0.15, 0.2) is 63.4 Å². The van der Waals surface area contributed by atoms with Gasteiger partial charge in [-0.2, -0.15) is 0 Å². The Morgan fingerprint density at radius 2 is 2.11 bits per heavy atom. The van der Waals surface area contributed by atoms with E-state index in [1.165, 1.54) is 0 Å². The zero-order valence-electron chi connectivity index (χ0n) is 16.7. The maximum Gasteiger partial charge on any atom is 0.339 e. The molecule has 0 aliphatic carbocycles. The van der Waals surface area contributed by atoms with E-state index in [-0.39, 0.29) is 12.2 Å². The van der Waals surface area contributed by atoms with Gasteiger partial charge in [-0.05, 0) is 40.2 Å². The van der Waals surface area contributed by atoms with Gasteiger partial charge in [-0.3, -0.25) is 4.99 Å². The van der Waals surface area contributed by atoms with Crippen LogP contribution in [-0.4, -0.2) is 30.4 Å². The van der Waals surface area contributed by atoms with E-state index in [0.29, 0.717) is 35.1 Å². The van der Waals surface area contributed by atoms with Gasteiger partial charge in [0, 0.05) is 36.4 Å². The predicted molar refractivity (Wildman–Crippen MR) is 106 cm³/mol. The topological polar surface area (TPSA) is 65.0 Å². The van der Waals surface area contributed by atoms with Crippen LogP contribution in [0.3, 0.4) is 0 Å². The molecule has 0 spiro atoms. The van der Waals surface area contributed by atoms with Gasteiger partial charge in [0.1, 0.15) is 5.60 Å². The van der Waals surface area contributed by atoms with E-state index in [2.05, 4.69) is 11.6 Å². The van der Waals surface area contributed by atoms with Crippen molar-refractivity contribution >= 4 is 18.2 Å². The molecule has 0 saturated heterocycles. The Hall–Kier alpha value is -2.69. The van der Waals surface area contributed by atoms with Crippen molar-refractivity contribution in [1.29, 1.82) is 0 Å². The smallest absolute Gasteiger partial charge is 0.339 e. The van der Waals surface area contributed by atoms with Gasteiger partial charge in [-0.25, -0.2) is 9.59 Å². The summed E-state index contributed by atoms with van der Waals surface area (Å²) in [5, 5.41) is 0. The summed E-state index contributed by atoms with van der Waals surface area (Å²) in [6.45, 7) is 13.3. The number of cyclic esters (lactones) is 1. The lowest BCUT2D eigenvalue weighted by atomic mass is 9.83. The molecule has 144 valence electrons. The molecule has 2 rings (SSSR count). The number of carbonyl (C=O) groups excluding carboxylic acids is 2. The van der Waals surface area contributed by atoms with Gasteiger partial charge in [0.25, 0.3) is 0 Å². The van der Waals surface area contributed by atoms with Crippen LogP contribution in [0.4, 0.5) is 0 Å². The summed E-state index contributed by atoms with van der Waals surface area (Å²) in [7, 11) is 0. The Balaban J connectivity index is 2.82. The van der Waals surface area contributed by atoms with Crippen LogP contribution in [0.2, 0.25) is 0 Å². The minimum absolute atomic E-state index is 0.228. The Labute approximate surface area is 160 Å². The van der Waals surface area contributed by atoms with E-state index in [1.54, 1.807) is 26.3 Å². The SMILES string of the molecule is C=C(C)/C(C(=O)OCC)=C(/C1=CN=CCC=C1)C1=C(C)CC(C)(C)OC1=O. The molecular weight excluding hydrogens is 342 g/mol. The van der Waals surface area contributed by atoms with E-state index in [1.807, 2.05) is 32.9 Å². The third-order valence-electron chi connectivity index (χ3n) is 4.24. The molecule has 2 heterocycles. The molecule has 0 N–H and O–H groups in total. The molecular formula is C22H27NO4. The second-order valence-corrected chi connectivity index (χ2v) is 7.29. The number of hydrogen-bond donors (Lipinski definition) is 0. The summed E-state index contributed by atoms with van der Waals surface area (Å²) in [5.74, 6) is -0.968. The van der Waals surface area contributed by atoms with E-state index < -0.39 is 17.5 Å². The van der Waals surface area contributed by atoms with Gasteiger partial charge >= 0.3 is 11.9 Å². The van der Waals surface area contributed by atoms with Crippen molar-refractivity contribution in [2.75, 3.05) is 6.61 Å². The van der Waals surface area contributed by atoms with Gasteiger partial charge in [0.05, 0.1) is 17.8 Å². The fourth-order valence-electron chi connectivity index (χ4n) is 3.30. The van der Waals surface area contributed by atoms with E-state index in [0.717, 1.165) is 5.57 Å². The highest BCUT2D eigenvalue weighted by atomic mass is 16.6. The Bertz CT molecular complexity index is 819. The third kappa shape index (κ3) is 4.73. The molecule has 0 amide bonds. The molecule has 0 aromatic heterocycles. The first-order chi connectivity index (χ1) is 12.7. The van der Waals surface area contributed by atoms with E-state index in [9.17, 15) is 9.59 Å². The monoisotopic (exact) mass is 369 g/mol.